The molecule has 4 heterocycles. The number of aromatic nitrogens is 2. The molecule has 36 heavy (non-hydrogen) atoms. The Hall–Kier alpha value is -3.43. The first-order valence-corrected chi connectivity index (χ1v) is 13.6. The van der Waals surface area contributed by atoms with Crippen LogP contribution in [-0.2, 0) is 16.0 Å². The van der Waals surface area contributed by atoms with Crippen molar-refractivity contribution in [3.8, 4) is 0 Å². The molecule has 3 unspecified atom stereocenters. The third-order valence-electron chi connectivity index (χ3n) is 7.29. The molecule has 0 N–H and O–H groups in total. The van der Waals surface area contributed by atoms with E-state index >= 15 is 0 Å². The molecule has 0 radical (unpaired) electrons. The molecule has 1 fully saturated rings. The molecule has 2 amide bonds. The summed E-state index contributed by atoms with van der Waals surface area (Å²) in [4.78, 5) is 42.3. The quantitative estimate of drug-likeness (QED) is 0.495. The molecule has 1 saturated carbocycles. The molecular weight excluding hydrogens is 474 g/mol. The number of hydrogen-bond donors (Lipinski definition) is 0. The lowest BCUT2D eigenvalue weighted by Gasteiger charge is -2.40. The second-order valence-electron chi connectivity index (χ2n) is 9.44. The fourth-order valence-corrected chi connectivity index (χ4v) is 6.36. The smallest absolute Gasteiger partial charge is 0.265 e. The lowest BCUT2D eigenvalue weighted by molar-refractivity contribution is -0.119. The van der Waals surface area contributed by atoms with Crippen LogP contribution in [0.4, 0.5) is 17.3 Å². The number of fused-ring (bicyclic) bond motifs is 2. The van der Waals surface area contributed by atoms with Crippen molar-refractivity contribution in [2.75, 3.05) is 27.5 Å². The van der Waals surface area contributed by atoms with Gasteiger partial charge in [-0.2, -0.15) is 0 Å². The van der Waals surface area contributed by atoms with E-state index in [2.05, 4.69) is 9.88 Å². The number of likely N-dealkylation sites (N-methyl/N-ethyl adjacent to an activating group) is 1. The van der Waals surface area contributed by atoms with Crippen molar-refractivity contribution >= 4 is 40.3 Å². The normalized spacial score (nSPS) is 22.1. The van der Waals surface area contributed by atoms with Crippen LogP contribution in [0, 0.1) is 0 Å². The van der Waals surface area contributed by atoms with Crippen LogP contribution >= 0.6 is 0 Å². The Kier molecular flexibility index (Phi) is 5.49. The van der Waals surface area contributed by atoms with Gasteiger partial charge in [0.2, 0.25) is 5.91 Å². The highest BCUT2D eigenvalue weighted by Gasteiger charge is 2.46. The number of carbonyl (C=O) groups is 2. The summed E-state index contributed by atoms with van der Waals surface area (Å²) in [5.74, 6) is 1.45. The largest absolute Gasteiger partial charge is 0.611 e. The van der Waals surface area contributed by atoms with E-state index in [0.29, 0.717) is 22.0 Å². The van der Waals surface area contributed by atoms with Gasteiger partial charge in [0.1, 0.15) is 23.2 Å². The Morgan fingerprint density at radius 3 is 2.61 bits per heavy atom. The predicted octanol–water partition coefficient (Wildman–Crippen LogP) is 3.69. The summed E-state index contributed by atoms with van der Waals surface area (Å²) in [7, 11) is 1.77. The third-order valence-corrected chi connectivity index (χ3v) is 8.64. The number of hydrogen-bond acceptors (Lipinski definition) is 6. The fraction of sp³-hybridized carbons (Fsp3) is 0.333. The average Bonchev–Trinajstić information content (AvgIpc) is 3.70. The summed E-state index contributed by atoms with van der Waals surface area (Å²) >= 11 is -1.29. The molecule has 2 aliphatic heterocycles. The number of benzene rings is 1. The maximum atomic E-state index is 14.1. The number of amides is 2. The molecule has 1 aliphatic carbocycles. The van der Waals surface area contributed by atoms with Crippen LogP contribution in [0.5, 0.6) is 0 Å². The number of pyridine rings is 2. The molecule has 184 valence electrons. The second-order valence-corrected chi connectivity index (χ2v) is 11.2. The van der Waals surface area contributed by atoms with Gasteiger partial charge in [0.25, 0.3) is 5.91 Å². The van der Waals surface area contributed by atoms with E-state index in [1.807, 2.05) is 44.2 Å². The third kappa shape index (κ3) is 3.41. The monoisotopic (exact) mass is 501 g/mol. The number of nitrogens with zero attached hydrogens (tertiary/aromatic N) is 5. The van der Waals surface area contributed by atoms with Crippen LogP contribution in [-0.4, -0.2) is 51.2 Å². The predicted molar refractivity (Wildman–Crippen MR) is 139 cm³/mol. The standard InChI is InChI=1S/C27H27N5O3S/c1-4-36(35)21-9-5-8-19-23(21)27(34)32(24(19)17-7-6-14-28-15-17)22-13-12-20-25(29-22)31(18-10-11-18)16(2)26(33)30(20)3/h5-9,12-16,18,24H,4,10-11H2,1-3H3. The van der Waals surface area contributed by atoms with E-state index < -0.39 is 17.2 Å². The van der Waals surface area contributed by atoms with Crippen molar-refractivity contribution in [2.45, 2.75) is 49.7 Å². The number of anilines is 3. The zero-order valence-corrected chi connectivity index (χ0v) is 21.2. The summed E-state index contributed by atoms with van der Waals surface area (Å²) < 4.78 is 12.9. The van der Waals surface area contributed by atoms with Crippen molar-refractivity contribution < 1.29 is 14.1 Å². The Labute approximate surface area is 213 Å². The highest BCUT2D eigenvalue weighted by molar-refractivity contribution is 7.91. The Morgan fingerprint density at radius 2 is 1.92 bits per heavy atom. The molecule has 1 aromatic carbocycles. The lowest BCUT2D eigenvalue weighted by Crippen LogP contribution is -2.52. The van der Waals surface area contributed by atoms with Crippen LogP contribution in [0.15, 0.2) is 59.8 Å². The molecule has 0 bridgehead atoms. The zero-order valence-electron chi connectivity index (χ0n) is 20.4. The van der Waals surface area contributed by atoms with E-state index in [1.165, 1.54) is 0 Å². The summed E-state index contributed by atoms with van der Waals surface area (Å²) in [5.41, 5.74) is 2.86. The molecule has 3 aromatic rings. The average molecular weight is 502 g/mol. The number of carbonyl (C=O) groups excluding carboxylic acids is 2. The highest BCUT2D eigenvalue weighted by Crippen LogP contribution is 2.46. The van der Waals surface area contributed by atoms with Gasteiger partial charge in [0, 0.05) is 25.5 Å². The first-order valence-electron chi connectivity index (χ1n) is 12.2. The van der Waals surface area contributed by atoms with Crippen molar-refractivity contribution in [1.29, 1.82) is 0 Å². The minimum atomic E-state index is -1.29. The highest BCUT2D eigenvalue weighted by atomic mass is 32.2. The molecule has 8 nitrogen and oxygen atoms in total. The molecular formula is C27H27N5O3S. The Balaban J connectivity index is 1.53. The molecule has 3 aliphatic rings. The van der Waals surface area contributed by atoms with E-state index in [-0.39, 0.29) is 23.9 Å². The first-order chi connectivity index (χ1) is 17.4. The topological polar surface area (TPSA) is 92.7 Å². The molecule has 2 aromatic heterocycles. The Bertz CT molecular complexity index is 1360. The second kappa shape index (κ2) is 8.60. The maximum Gasteiger partial charge on any atom is 0.265 e. The van der Waals surface area contributed by atoms with E-state index in [9.17, 15) is 14.1 Å². The summed E-state index contributed by atoms with van der Waals surface area (Å²) in [5, 5.41) is 0. The van der Waals surface area contributed by atoms with Crippen molar-refractivity contribution in [3.63, 3.8) is 0 Å². The molecule has 6 rings (SSSR count). The van der Waals surface area contributed by atoms with Gasteiger partial charge in [0.15, 0.2) is 10.7 Å². The van der Waals surface area contributed by atoms with Crippen LogP contribution < -0.4 is 14.7 Å². The van der Waals surface area contributed by atoms with Gasteiger partial charge < -0.3 is 14.4 Å². The number of rotatable bonds is 5. The van der Waals surface area contributed by atoms with Crippen molar-refractivity contribution in [2.24, 2.45) is 0 Å². The molecule has 9 heteroatoms. The van der Waals surface area contributed by atoms with Gasteiger partial charge in [0.05, 0.1) is 11.7 Å². The van der Waals surface area contributed by atoms with Crippen molar-refractivity contribution in [1.82, 2.24) is 9.97 Å². The Morgan fingerprint density at radius 1 is 1.11 bits per heavy atom. The summed E-state index contributed by atoms with van der Waals surface area (Å²) in [6.45, 7) is 3.76. The first kappa shape index (κ1) is 23.0. The summed E-state index contributed by atoms with van der Waals surface area (Å²) in [6.07, 6.45) is 5.50. The van der Waals surface area contributed by atoms with E-state index in [4.69, 9.17) is 4.98 Å². The zero-order chi connectivity index (χ0) is 25.1. The van der Waals surface area contributed by atoms with Crippen LogP contribution in [0.25, 0.3) is 0 Å². The van der Waals surface area contributed by atoms with Gasteiger partial charge in [-0.25, -0.2) is 4.98 Å². The van der Waals surface area contributed by atoms with Crippen LogP contribution in [0.1, 0.15) is 54.2 Å². The minimum Gasteiger partial charge on any atom is -0.611 e. The molecule has 0 saturated heterocycles. The fourth-order valence-electron chi connectivity index (χ4n) is 5.39. The van der Waals surface area contributed by atoms with E-state index in [1.54, 1.807) is 41.4 Å². The lowest BCUT2D eigenvalue weighted by atomic mass is 9.99. The van der Waals surface area contributed by atoms with Gasteiger partial charge in [-0.1, -0.05) is 18.2 Å². The molecule has 0 spiro atoms. The molecule has 3 atom stereocenters. The van der Waals surface area contributed by atoms with Gasteiger partial charge in [-0.05, 0) is 73.3 Å². The minimum absolute atomic E-state index is 0.0357. The van der Waals surface area contributed by atoms with E-state index in [0.717, 1.165) is 35.5 Å². The van der Waals surface area contributed by atoms with Crippen molar-refractivity contribution in [3.05, 3.63) is 71.5 Å². The van der Waals surface area contributed by atoms with Gasteiger partial charge >= 0.3 is 0 Å². The maximum absolute atomic E-state index is 14.1. The van der Waals surface area contributed by atoms with Gasteiger partial charge in [-0.3, -0.25) is 19.5 Å². The summed E-state index contributed by atoms with van der Waals surface area (Å²) in [6, 6.07) is 12.5. The SMILES string of the molecule is CC[S+]([O-])c1cccc2c1C(=O)N(c1ccc3c(n1)N(C1CC1)C(C)C(=O)N3C)C2c1cccnc1. The van der Waals surface area contributed by atoms with Gasteiger partial charge in [-0.15, -0.1) is 0 Å². The van der Waals surface area contributed by atoms with Crippen LogP contribution in [0.3, 0.4) is 0 Å². The van der Waals surface area contributed by atoms with Crippen LogP contribution in [0.2, 0.25) is 0 Å².